The molecular formula is C27H34N4O4. The fourth-order valence-electron chi connectivity index (χ4n) is 4.55. The third kappa shape index (κ3) is 7.05. The van der Waals surface area contributed by atoms with E-state index in [2.05, 4.69) is 15.5 Å². The topological polar surface area (TPSA) is 91.0 Å². The van der Waals surface area contributed by atoms with Gasteiger partial charge in [0.05, 0.1) is 13.2 Å². The summed E-state index contributed by atoms with van der Waals surface area (Å²) in [4.78, 5) is 42.3. The molecule has 2 heterocycles. The van der Waals surface area contributed by atoms with E-state index in [0.717, 1.165) is 37.7 Å². The van der Waals surface area contributed by atoms with Crippen molar-refractivity contribution in [3.8, 4) is 0 Å². The summed E-state index contributed by atoms with van der Waals surface area (Å²) in [6.45, 7) is 4.51. The molecule has 4 rings (SSSR count). The van der Waals surface area contributed by atoms with Crippen LogP contribution < -0.4 is 15.5 Å². The van der Waals surface area contributed by atoms with Gasteiger partial charge in [-0.1, -0.05) is 18.2 Å². The van der Waals surface area contributed by atoms with Crippen LogP contribution in [0.3, 0.4) is 0 Å². The molecule has 2 aliphatic heterocycles. The van der Waals surface area contributed by atoms with E-state index in [1.807, 2.05) is 42.5 Å². The zero-order valence-corrected chi connectivity index (χ0v) is 20.1. The fourth-order valence-corrected chi connectivity index (χ4v) is 4.55. The summed E-state index contributed by atoms with van der Waals surface area (Å²) in [5, 5.41) is 5.94. The van der Waals surface area contributed by atoms with E-state index < -0.39 is 0 Å². The highest BCUT2D eigenvalue weighted by Crippen LogP contribution is 2.21. The maximum atomic E-state index is 13.1. The van der Waals surface area contributed by atoms with Crippen LogP contribution in [0.2, 0.25) is 0 Å². The largest absolute Gasteiger partial charge is 0.378 e. The van der Waals surface area contributed by atoms with Crippen molar-refractivity contribution in [2.75, 3.05) is 56.2 Å². The number of morpholine rings is 1. The van der Waals surface area contributed by atoms with Gasteiger partial charge in [-0.25, -0.2) is 0 Å². The molecule has 8 heteroatoms. The first-order valence-corrected chi connectivity index (χ1v) is 12.4. The molecule has 0 bridgehead atoms. The third-order valence-electron chi connectivity index (χ3n) is 6.59. The number of hydrogen-bond donors (Lipinski definition) is 2. The molecule has 1 atom stereocenters. The molecule has 8 nitrogen and oxygen atoms in total. The predicted octanol–water partition coefficient (Wildman–Crippen LogP) is 2.91. The molecule has 2 aliphatic rings. The van der Waals surface area contributed by atoms with Crippen LogP contribution in [0, 0.1) is 5.92 Å². The van der Waals surface area contributed by atoms with E-state index in [1.54, 1.807) is 17.0 Å². The number of carbonyl (C=O) groups excluding carboxylic acids is 3. The summed E-state index contributed by atoms with van der Waals surface area (Å²) in [6, 6.07) is 17.0. The highest BCUT2D eigenvalue weighted by atomic mass is 16.5. The quantitative estimate of drug-likeness (QED) is 0.705. The Balaban J connectivity index is 1.36. The van der Waals surface area contributed by atoms with Crippen molar-refractivity contribution in [2.45, 2.75) is 25.7 Å². The van der Waals surface area contributed by atoms with Crippen molar-refractivity contribution in [1.82, 2.24) is 10.2 Å². The van der Waals surface area contributed by atoms with Crippen LogP contribution in [-0.4, -0.2) is 68.6 Å². The Labute approximate surface area is 206 Å². The average Bonchev–Trinajstić information content (AvgIpc) is 2.94. The molecule has 0 spiro atoms. The van der Waals surface area contributed by atoms with Gasteiger partial charge in [0, 0.05) is 62.0 Å². The minimum Gasteiger partial charge on any atom is -0.378 e. The maximum Gasteiger partial charge on any atom is 0.253 e. The number of amides is 3. The molecule has 2 aromatic rings. The van der Waals surface area contributed by atoms with Crippen LogP contribution in [0.5, 0.6) is 0 Å². The van der Waals surface area contributed by atoms with E-state index in [4.69, 9.17) is 4.74 Å². The minimum atomic E-state index is -0.249. The summed E-state index contributed by atoms with van der Waals surface area (Å²) in [5.74, 6) is -0.492. The molecule has 1 unspecified atom stereocenters. The lowest BCUT2D eigenvalue weighted by Gasteiger charge is -2.29. The second-order valence-electron chi connectivity index (χ2n) is 9.02. The Hall–Kier alpha value is -3.39. The summed E-state index contributed by atoms with van der Waals surface area (Å²) < 4.78 is 5.41. The molecule has 3 amide bonds. The van der Waals surface area contributed by atoms with E-state index in [1.165, 1.54) is 0 Å². The monoisotopic (exact) mass is 478 g/mol. The molecule has 0 aliphatic carbocycles. The van der Waals surface area contributed by atoms with Crippen molar-refractivity contribution in [2.24, 2.45) is 5.92 Å². The highest BCUT2D eigenvalue weighted by Gasteiger charge is 2.23. The Morgan fingerprint density at radius 3 is 2.40 bits per heavy atom. The van der Waals surface area contributed by atoms with Crippen LogP contribution >= 0.6 is 0 Å². The SMILES string of the molecule is O=C1CCN(C(=O)c2ccccc2)CCCC(C(=O)Nc2ccc(N3CCOCC3)cc2)CCN1. The number of nitrogens with zero attached hydrogens (tertiary/aromatic N) is 2. The normalized spacial score (nSPS) is 19.9. The molecule has 2 saturated heterocycles. The second kappa shape index (κ2) is 12.4. The molecule has 186 valence electrons. The van der Waals surface area contributed by atoms with Gasteiger partial charge in [-0.15, -0.1) is 0 Å². The Morgan fingerprint density at radius 1 is 0.914 bits per heavy atom. The number of nitrogens with one attached hydrogen (secondary N) is 2. The zero-order chi connectivity index (χ0) is 24.5. The van der Waals surface area contributed by atoms with Gasteiger partial charge in [0.25, 0.3) is 5.91 Å². The Bertz CT molecular complexity index is 990. The summed E-state index contributed by atoms with van der Waals surface area (Å²) in [5.41, 5.74) is 2.48. The number of anilines is 2. The number of benzene rings is 2. The molecule has 35 heavy (non-hydrogen) atoms. The second-order valence-corrected chi connectivity index (χ2v) is 9.02. The summed E-state index contributed by atoms with van der Waals surface area (Å²) in [6.07, 6.45) is 2.16. The Kier molecular flexibility index (Phi) is 8.73. The number of rotatable bonds is 4. The van der Waals surface area contributed by atoms with Gasteiger partial charge in [0.15, 0.2) is 0 Å². The van der Waals surface area contributed by atoms with Crippen molar-refractivity contribution in [1.29, 1.82) is 0 Å². The third-order valence-corrected chi connectivity index (χ3v) is 6.59. The van der Waals surface area contributed by atoms with E-state index in [0.29, 0.717) is 44.5 Å². The van der Waals surface area contributed by atoms with Crippen molar-refractivity contribution >= 4 is 29.1 Å². The predicted molar refractivity (Wildman–Crippen MR) is 135 cm³/mol. The standard InChI is InChI=1S/C27H34N4O4/c32-25-13-16-31(27(34)22-5-2-1-3-6-22)15-4-7-21(12-14-28-25)26(33)29-23-8-10-24(11-9-23)30-17-19-35-20-18-30/h1-3,5-6,8-11,21H,4,7,12-20H2,(H,28,32)(H,29,33). The van der Waals surface area contributed by atoms with E-state index in [9.17, 15) is 14.4 Å². The van der Waals surface area contributed by atoms with E-state index in [-0.39, 0.29) is 30.1 Å². The Morgan fingerprint density at radius 2 is 1.66 bits per heavy atom. The lowest BCUT2D eigenvalue weighted by Crippen LogP contribution is -2.36. The molecule has 0 aromatic heterocycles. The van der Waals surface area contributed by atoms with E-state index >= 15 is 0 Å². The van der Waals surface area contributed by atoms with Crippen LogP contribution in [0.25, 0.3) is 0 Å². The van der Waals surface area contributed by atoms with Gasteiger partial charge < -0.3 is 25.2 Å². The van der Waals surface area contributed by atoms with Crippen LogP contribution in [0.15, 0.2) is 54.6 Å². The van der Waals surface area contributed by atoms with Crippen LogP contribution in [0.4, 0.5) is 11.4 Å². The number of hydrogen-bond acceptors (Lipinski definition) is 5. The fraction of sp³-hybridized carbons (Fsp3) is 0.444. The van der Waals surface area contributed by atoms with Gasteiger partial charge >= 0.3 is 0 Å². The molecule has 2 N–H and O–H groups in total. The summed E-state index contributed by atoms with van der Waals surface area (Å²) in [7, 11) is 0. The first-order valence-electron chi connectivity index (χ1n) is 12.4. The maximum absolute atomic E-state index is 13.1. The van der Waals surface area contributed by atoms with Gasteiger partial charge in [-0.3, -0.25) is 14.4 Å². The number of ether oxygens (including phenoxy) is 1. The van der Waals surface area contributed by atoms with Crippen molar-refractivity contribution < 1.29 is 19.1 Å². The first kappa shape index (κ1) is 24.7. The van der Waals surface area contributed by atoms with Gasteiger partial charge in [-0.2, -0.15) is 0 Å². The highest BCUT2D eigenvalue weighted by molar-refractivity contribution is 5.94. The molecule has 0 radical (unpaired) electrons. The van der Waals surface area contributed by atoms with Crippen molar-refractivity contribution in [3.05, 3.63) is 60.2 Å². The van der Waals surface area contributed by atoms with Gasteiger partial charge in [0.1, 0.15) is 0 Å². The molecule has 2 fully saturated rings. The lowest BCUT2D eigenvalue weighted by atomic mass is 9.97. The zero-order valence-electron chi connectivity index (χ0n) is 20.1. The lowest BCUT2D eigenvalue weighted by molar-refractivity contribution is -0.122. The molecule has 2 aromatic carbocycles. The van der Waals surface area contributed by atoms with Crippen LogP contribution in [0.1, 0.15) is 36.0 Å². The minimum absolute atomic E-state index is 0.0569. The first-order chi connectivity index (χ1) is 17.1. The van der Waals surface area contributed by atoms with Gasteiger partial charge in [-0.05, 0) is 55.7 Å². The summed E-state index contributed by atoms with van der Waals surface area (Å²) >= 11 is 0. The van der Waals surface area contributed by atoms with Gasteiger partial charge in [0.2, 0.25) is 11.8 Å². The molecule has 0 saturated carbocycles. The number of carbonyl (C=O) groups is 3. The smallest absolute Gasteiger partial charge is 0.253 e. The molecular weight excluding hydrogens is 444 g/mol. The van der Waals surface area contributed by atoms with Crippen molar-refractivity contribution in [3.63, 3.8) is 0 Å². The average molecular weight is 479 g/mol. The van der Waals surface area contributed by atoms with Crippen LogP contribution in [-0.2, 0) is 14.3 Å².